The number of hydrogen-bond donors (Lipinski definition) is 2. The van der Waals surface area contributed by atoms with Gasteiger partial charge in [0.05, 0.1) is 5.02 Å². The van der Waals surface area contributed by atoms with Crippen molar-refractivity contribution < 1.29 is 8.42 Å². The Kier molecular flexibility index (Phi) is 5.18. The lowest BCUT2D eigenvalue weighted by atomic mass is 10.2. The number of nitrogens with one attached hydrogen (secondary N) is 2. The molecule has 3 aromatic carbocycles. The highest BCUT2D eigenvalue weighted by Gasteiger charge is 2.18. The maximum atomic E-state index is 12.5. The lowest BCUT2D eigenvalue weighted by molar-refractivity contribution is 0.601. The van der Waals surface area contributed by atoms with Crippen LogP contribution in [-0.4, -0.2) is 8.42 Å². The summed E-state index contributed by atoms with van der Waals surface area (Å²) in [4.78, 5) is -0.0619. The number of hydrogen-bond acceptors (Lipinski definition) is 3. The lowest BCUT2D eigenvalue weighted by Crippen LogP contribution is -2.13. The van der Waals surface area contributed by atoms with Crippen molar-refractivity contribution in [2.45, 2.75) is 4.90 Å². The lowest BCUT2D eigenvalue weighted by Gasteiger charge is -2.11. The van der Waals surface area contributed by atoms with Gasteiger partial charge in [-0.25, -0.2) is 8.42 Å². The molecule has 2 N–H and O–H groups in total. The quantitative estimate of drug-likeness (QED) is 0.599. The van der Waals surface area contributed by atoms with Crippen molar-refractivity contribution in [1.82, 2.24) is 0 Å². The van der Waals surface area contributed by atoms with Crippen LogP contribution in [0.25, 0.3) is 0 Å². The number of rotatable bonds is 5. The molecule has 3 aromatic rings. The molecule has 0 amide bonds. The summed E-state index contributed by atoms with van der Waals surface area (Å²) in [5.74, 6) is 0. The van der Waals surface area contributed by atoms with Crippen LogP contribution in [0.15, 0.2) is 77.7 Å². The Morgan fingerprint density at radius 1 is 0.720 bits per heavy atom. The number of sulfonamides is 1. The van der Waals surface area contributed by atoms with Crippen molar-refractivity contribution in [2.24, 2.45) is 0 Å². The minimum absolute atomic E-state index is 0.0619. The molecule has 0 spiro atoms. The fourth-order valence-electron chi connectivity index (χ4n) is 2.20. The van der Waals surface area contributed by atoms with Gasteiger partial charge < -0.3 is 5.32 Å². The van der Waals surface area contributed by atoms with Crippen LogP contribution in [0.3, 0.4) is 0 Å². The van der Waals surface area contributed by atoms with E-state index in [2.05, 4.69) is 10.0 Å². The summed E-state index contributed by atoms with van der Waals surface area (Å²) >= 11 is 11.8. The average Bonchev–Trinajstić information content (AvgIpc) is 2.59. The highest BCUT2D eigenvalue weighted by Crippen LogP contribution is 2.27. The second-order valence-electron chi connectivity index (χ2n) is 5.25. The van der Waals surface area contributed by atoms with Gasteiger partial charge in [0, 0.05) is 22.1 Å². The fraction of sp³-hybridized carbons (Fsp3) is 0. The maximum Gasteiger partial charge on any atom is 0.263 e. The topological polar surface area (TPSA) is 58.2 Å². The first-order valence-electron chi connectivity index (χ1n) is 7.34. The SMILES string of the molecule is O=S(=O)(Nc1ccc(Nc2ccccc2)cc1)c1cc(Cl)ccc1Cl. The van der Waals surface area contributed by atoms with E-state index >= 15 is 0 Å². The van der Waals surface area contributed by atoms with Crippen LogP contribution in [0.1, 0.15) is 0 Å². The van der Waals surface area contributed by atoms with E-state index in [-0.39, 0.29) is 9.92 Å². The Bertz CT molecular complexity index is 976. The third-order valence-corrected chi connectivity index (χ3v) is 5.48. The molecule has 0 aliphatic heterocycles. The molecule has 0 fully saturated rings. The van der Waals surface area contributed by atoms with Crippen LogP contribution in [-0.2, 0) is 10.0 Å². The summed E-state index contributed by atoms with van der Waals surface area (Å²) in [6.45, 7) is 0. The van der Waals surface area contributed by atoms with Crippen molar-refractivity contribution >= 4 is 50.3 Å². The molecule has 0 radical (unpaired) electrons. The number of para-hydroxylation sites is 1. The molecule has 0 saturated heterocycles. The molecule has 0 aliphatic carbocycles. The highest BCUT2D eigenvalue weighted by atomic mass is 35.5. The molecule has 4 nitrogen and oxygen atoms in total. The number of halogens is 2. The van der Waals surface area contributed by atoms with Crippen molar-refractivity contribution in [3.05, 3.63) is 82.8 Å². The minimum Gasteiger partial charge on any atom is -0.356 e. The summed E-state index contributed by atoms with van der Waals surface area (Å²) in [6, 6.07) is 20.9. The van der Waals surface area contributed by atoms with Gasteiger partial charge in [0.2, 0.25) is 0 Å². The standard InChI is InChI=1S/C18H14Cl2N2O2S/c19-13-6-11-17(20)18(12-13)25(23,24)22-16-9-7-15(8-10-16)21-14-4-2-1-3-5-14/h1-12,21-22H. The molecule has 0 bridgehead atoms. The molecule has 128 valence electrons. The zero-order valence-corrected chi connectivity index (χ0v) is 15.2. The Balaban J connectivity index is 1.78. The van der Waals surface area contributed by atoms with E-state index in [1.807, 2.05) is 30.3 Å². The first-order chi connectivity index (χ1) is 11.9. The van der Waals surface area contributed by atoms with Gasteiger partial charge in [-0.15, -0.1) is 0 Å². The molecule has 0 saturated carbocycles. The Morgan fingerprint density at radius 2 is 1.32 bits per heavy atom. The summed E-state index contributed by atoms with van der Waals surface area (Å²) in [6.07, 6.45) is 0. The second-order valence-corrected chi connectivity index (χ2v) is 7.74. The van der Waals surface area contributed by atoms with E-state index < -0.39 is 10.0 Å². The van der Waals surface area contributed by atoms with Crippen LogP contribution in [0.4, 0.5) is 17.1 Å². The molecule has 7 heteroatoms. The van der Waals surface area contributed by atoms with Crippen LogP contribution in [0.5, 0.6) is 0 Å². The Labute approximate surface area is 156 Å². The van der Waals surface area contributed by atoms with Crippen molar-refractivity contribution in [1.29, 1.82) is 0 Å². The van der Waals surface area contributed by atoms with E-state index in [4.69, 9.17) is 23.2 Å². The molecule has 0 heterocycles. The predicted molar refractivity (Wildman–Crippen MR) is 103 cm³/mol. The largest absolute Gasteiger partial charge is 0.356 e. The van der Waals surface area contributed by atoms with E-state index in [0.717, 1.165) is 11.4 Å². The minimum atomic E-state index is -3.83. The highest BCUT2D eigenvalue weighted by molar-refractivity contribution is 7.92. The van der Waals surface area contributed by atoms with Gasteiger partial charge in [-0.05, 0) is 54.6 Å². The molecule has 3 rings (SSSR count). The molecule has 0 atom stereocenters. The third kappa shape index (κ3) is 4.45. The van der Waals surface area contributed by atoms with Crippen LogP contribution >= 0.6 is 23.2 Å². The summed E-state index contributed by atoms with van der Waals surface area (Å²) in [5, 5.41) is 3.64. The normalized spacial score (nSPS) is 11.1. The molecule has 0 aromatic heterocycles. The third-order valence-electron chi connectivity index (χ3n) is 3.38. The number of benzene rings is 3. The molecule has 25 heavy (non-hydrogen) atoms. The van der Waals surface area contributed by atoms with Gasteiger partial charge in [-0.2, -0.15) is 0 Å². The smallest absolute Gasteiger partial charge is 0.263 e. The van der Waals surface area contributed by atoms with Gasteiger partial charge >= 0.3 is 0 Å². The van der Waals surface area contributed by atoms with Gasteiger partial charge in [0.15, 0.2) is 0 Å². The fourth-order valence-corrected chi connectivity index (χ4v) is 4.03. The average molecular weight is 393 g/mol. The zero-order valence-electron chi connectivity index (χ0n) is 12.9. The van der Waals surface area contributed by atoms with Gasteiger partial charge in [-0.3, -0.25) is 4.72 Å². The molecule has 0 unspecified atom stereocenters. The zero-order chi connectivity index (χ0) is 17.9. The second kappa shape index (κ2) is 7.35. The molecular formula is C18H14Cl2N2O2S. The van der Waals surface area contributed by atoms with E-state index in [1.165, 1.54) is 18.2 Å². The first kappa shape index (κ1) is 17.6. The Hall–Kier alpha value is -2.21. The maximum absolute atomic E-state index is 12.5. The summed E-state index contributed by atoms with van der Waals surface area (Å²) in [5.41, 5.74) is 2.21. The van der Waals surface area contributed by atoms with Crippen molar-refractivity contribution in [2.75, 3.05) is 10.0 Å². The van der Waals surface area contributed by atoms with Gasteiger partial charge in [0.25, 0.3) is 10.0 Å². The monoisotopic (exact) mass is 392 g/mol. The van der Waals surface area contributed by atoms with Crippen LogP contribution < -0.4 is 10.0 Å². The Morgan fingerprint density at radius 3 is 2.00 bits per heavy atom. The van der Waals surface area contributed by atoms with Gasteiger partial charge in [-0.1, -0.05) is 41.4 Å². The van der Waals surface area contributed by atoms with Gasteiger partial charge in [0.1, 0.15) is 4.90 Å². The van der Waals surface area contributed by atoms with Crippen molar-refractivity contribution in [3.8, 4) is 0 Å². The van der Waals surface area contributed by atoms with Crippen LogP contribution in [0, 0.1) is 0 Å². The van der Waals surface area contributed by atoms with E-state index in [0.29, 0.717) is 10.7 Å². The summed E-state index contributed by atoms with van der Waals surface area (Å²) in [7, 11) is -3.83. The molecule has 0 aliphatic rings. The predicted octanol–water partition coefficient (Wildman–Crippen LogP) is 5.54. The first-order valence-corrected chi connectivity index (χ1v) is 9.58. The van der Waals surface area contributed by atoms with E-state index in [1.54, 1.807) is 24.3 Å². The molecular weight excluding hydrogens is 379 g/mol. The van der Waals surface area contributed by atoms with E-state index in [9.17, 15) is 8.42 Å². The van der Waals surface area contributed by atoms with Crippen LogP contribution in [0.2, 0.25) is 10.0 Å². The van der Waals surface area contributed by atoms with Crippen molar-refractivity contribution in [3.63, 3.8) is 0 Å². The number of anilines is 3. The summed E-state index contributed by atoms with van der Waals surface area (Å²) < 4.78 is 27.5.